The summed E-state index contributed by atoms with van der Waals surface area (Å²) in [6.07, 6.45) is -8.41. The van der Waals surface area contributed by atoms with E-state index >= 15 is 0 Å². The predicted molar refractivity (Wildman–Crippen MR) is 147 cm³/mol. The molecule has 1 fully saturated rings. The van der Waals surface area contributed by atoms with Crippen LogP contribution in [0.2, 0.25) is 0 Å². The van der Waals surface area contributed by atoms with Crippen LogP contribution in [0, 0.1) is 0 Å². The van der Waals surface area contributed by atoms with Gasteiger partial charge in [0.2, 0.25) is 0 Å². The first-order chi connectivity index (χ1) is 20.2. The smallest absolute Gasteiger partial charge is 0.430 e. The Balaban J connectivity index is 1.47. The molecule has 2 heterocycles. The Bertz CT molecular complexity index is 1330. The van der Waals surface area contributed by atoms with Gasteiger partial charge >= 0.3 is 18.3 Å². The summed E-state index contributed by atoms with van der Waals surface area (Å²) in [5, 5.41) is 9.63. The Labute approximate surface area is 245 Å². The average Bonchev–Trinajstić information content (AvgIpc) is 2.93. The van der Waals surface area contributed by atoms with E-state index in [1.54, 1.807) is 38.4 Å². The topological polar surface area (TPSA) is 65.9 Å². The lowest BCUT2D eigenvalue weighted by Crippen LogP contribution is -2.53. The molecule has 0 amide bonds. The summed E-state index contributed by atoms with van der Waals surface area (Å²) >= 11 is 0. The zero-order chi connectivity index (χ0) is 31.4. The normalized spacial score (nSPS) is 17.3. The third-order valence-corrected chi connectivity index (χ3v) is 7.41. The van der Waals surface area contributed by atoms with Gasteiger partial charge in [0.1, 0.15) is 0 Å². The van der Waals surface area contributed by atoms with Gasteiger partial charge in [-0.2, -0.15) is 26.3 Å². The van der Waals surface area contributed by atoms with Crippen molar-refractivity contribution >= 4 is 5.97 Å². The molecular weight excluding hydrogens is 576 g/mol. The second-order valence-electron chi connectivity index (χ2n) is 10.9. The first-order valence-corrected chi connectivity index (χ1v) is 13.8. The number of halogens is 6. The monoisotopic (exact) mass is 609 g/mol. The van der Waals surface area contributed by atoms with Crippen LogP contribution in [0.1, 0.15) is 37.0 Å². The molecule has 4 rings (SSSR count). The van der Waals surface area contributed by atoms with E-state index in [9.17, 15) is 36.2 Å². The van der Waals surface area contributed by atoms with Crippen LogP contribution in [0.4, 0.5) is 26.3 Å². The van der Waals surface area contributed by atoms with Crippen molar-refractivity contribution in [2.24, 2.45) is 0 Å². The fourth-order valence-corrected chi connectivity index (χ4v) is 5.18. The van der Waals surface area contributed by atoms with Gasteiger partial charge in [-0.15, -0.1) is 0 Å². The van der Waals surface area contributed by atoms with Crippen molar-refractivity contribution in [2.45, 2.75) is 63.5 Å². The number of ether oxygens (including phenoxy) is 1. The first kappa shape index (κ1) is 32.4. The molecule has 2 aromatic carbocycles. The number of benzene rings is 2. The number of hydrogen-bond acceptors (Lipinski definition) is 6. The number of pyridine rings is 1. The van der Waals surface area contributed by atoms with Gasteiger partial charge in [0.05, 0.1) is 12.5 Å². The van der Waals surface area contributed by atoms with Gasteiger partial charge < -0.3 is 9.84 Å². The van der Waals surface area contributed by atoms with Crippen LogP contribution in [0.5, 0.6) is 0 Å². The number of alkyl halides is 6. The van der Waals surface area contributed by atoms with E-state index in [-0.39, 0.29) is 24.5 Å². The second kappa shape index (κ2) is 13.0. The van der Waals surface area contributed by atoms with Crippen LogP contribution in [-0.2, 0) is 28.2 Å². The van der Waals surface area contributed by atoms with Crippen molar-refractivity contribution in [3.8, 4) is 11.1 Å². The van der Waals surface area contributed by atoms with Crippen LogP contribution in [0.3, 0.4) is 0 Å². The second-order valence-corrected chi connectivity index (χ2v) is 10.9. The highest BCUT2D eigenvalue weighted by Gasteiger charge is 2.71. The highest BCUT2D eigenvalue weighted by atomic mass is 19.4. The molecule has 1 N–H and O–H groups in total. The van der Waals surface area contributed by atoms with Crippen LogP contribution in [-0.4, -0.2) is 70.0 Å². The Morgan fingerprint density at radius 3 is 1.93 bits per heavy atom. The number of nitrogens with zero attached hydrogens (tertiary/aromatic N) is 3. The lowest BCUT2D eigenvalue weighted by atomic mass is 9.90. The maximum atomic E-state index is 13.2. The predicted octanol–water partition coefficient (Wildman–Crippen LogP) is 6.09. The van der Waals surface area contributed by atoms with Gasteiger partial charge in [0.25, 0.3) is 5.60 Å². The molecule has 232 valence electrons. The Morgan fingerprint density at radius 2 is 1.40 bits per heavy atom. The van der Waals surface area contributed by atoms with E-state index in [0.717, 1.165) is 36.3 Å². The number of hydrogen-bond donors (Lipinski definition) is 1. The molecule has 1 saturated heterocycles. The molecule has 1 atom stereocenters. The van der Waals surface area contributed by atoms with Crippen molar-refractivity contribution < 1.29 is 41.0 Å². The Hall–Kier alpha value is -3.48. The third kappa shape index (κ3) is 7.73. The summed E-state index contributed by atoms with van der Waals surface area (Å²) in [6, 6.07) is 14.4. The lowest BCUT2D eigenvalue weighted by Gasteiger charge is -2.41. The SMILES string of the molecule is CC(C)OC(=O)C[C@H]1CN(Cc2ccncc2)CCN1Cc1ccc(-c2ccc(C(O)(C(F)(F)F)C(F)(F)F)cc2)cc1. The van der Waals surface area contributed by atoms with Crippen molar-refractivity contribution in [3.05, 3.63) is 89.7 Å². The quantitative estimate of drug-likeness (QED) is 0.234. The fourth-order valence-electron chi connectivity index (χ4n) is 5.18. The molecule has 0 unspecified atom stereocenters. The maximum Gasteiger partial charge on any atom is 0.430 e. The number of piperazine rings is 1. The number of esters is 1. The molecule has 3 aromatic rings. The lowest BCUT2D eigenvalue weighted by molar-refractivity contribution is -0.376. The van der Waals surface area contributed by atoms with E-state index in [1.165, 1.54) is 0 Å². The summed E-state index contributed by atoms with van der Waals surface area (Å²) in [5.74, 6) is -0.280. The number of aliphatic hydroxyl groups is 1. The zero-order valence-corrected chi connectivity index (χ0v) is 23.7. The average molecular weight is 610 g/mol. The van der Waals surface area contributed by atoms with Crippen LogP contribution in [0.15, 0.2) is 73.1 Å². The molecule has 0 radical (unpaired) electrons. The van der Waals surface area contributed by atoms with E-state index in [0.29, 0.717) is 42.9 Å². The summed E-state index contributed by atoms with van der Waals surface area (Å²) in [6.45, 7) is 7.00. The number of aromatic nitrogens is 1. The molecule has 1 aliphatic rings. The van der Waals surface area contributed by atoms with Crippen LogP contribution >= 0.6 is 0 Å². The van der Waals surface area contributed by atoms with Gasteiger partial charge in [0.15, 0.2) is 0 Å². The zero-order valence-electron chi connectivity index (χ0n) is 23.7. The van der Waals surface area contributed by atoms with Gasteiger partial charge in [-0.05, 0) is 48.2 Å². The van der Waals surface area contributed by atoms with Crippen molar-refractivity contribution in [1.29, 1.82) is 0 Å². The van der Waals surface area contributed by atoms with Crippen LogP contribution < -0.4 is 0 Å². The third-order valence-electron chi connectivity index (χ3n) is 7.41. The molecule has 0 bridgehead atoms. The van der Waals surface area contributed by atoms with E-state index in [2.05, 4.69) is 14.8 Å². The first-order valence-electron chi connectivity index (χ1n) is 13.8. The molecule has 0 saturated carbocycles. The van der Waals surface area contributed by atoms with E-state index < -0.39 is 23.5 Å². The molecule has 43 heavy (non-hydrogen) atoms. The van der Waals surface area contributed by atoms with Gasteiger partial charge in [-0.3, -0.25) is 19.6 Å². The molecule has 1 aliphatic heterocycles. The number of carbonyl (C=O) groups is 1. The Morgan fingerprint density at radius 1 is 0.860 bits per heavy atom. The number of carbonyl (C=O) groups excluding carboxylic acids is 1. The molecule has 6 nitrogen and oxygen atoms in total. The minimum atomic E-state index is -5.94. The minimum Gasteiger partial charge on any atom is -0.463 e. The van der Waals surface area contributed by atoms with Crippen LogP contribution in [0.25, 0.3) is 11.1 Å². The molecule has 12 heteroatoms. The standard InChI is InChI=1S/C31H33F6N3O3/c1-21(2)43-28(41)17-27-20-39(18-23-11-13-38-14-12-23)15-16-40(27)19-22-3-5-24(6-4-22)25-7-9-26(10-8-25)29(42,30(32,33)34)31(35,36)37/h3-14,21,27,42H,15-20H2,1-2H3/t27-/m0/s1. The minimum absolute atomic E-state index is 0.102. The van der Waals surface area contributed by atoms with E-state index in [4.69, 9.17) is 4.74 Å². The summed E-state index contributed by atoms with van der Waals surface area (Å²) in [4.78, 5) is 21.1. The van der Waals surface area contributed by atoms with Crippen molar-refractivity contribution in [3.63, 3.8) is 0 Å². The maximum absolute atomic E-state index is 13.2. The highest BCUT2D eigenvalue weighted by molar-refractivity contribution is 5.70. The Kier molecular flexibility index (Phi) is 9.83. The van der Waals surface area contributed by atoms with Gasteiger partial charge in [-0.25, -0.2) is 0 Å². The highest BCUT2D eigenvalue weighted by Crippen LogP contribution is 2.50. The number of rotatable bonds is 9. The fraction of sp³-hybridized carbons (Fsp3) is 0.419. The molecular formula is C31H33F6N3O3. The van der Waals surface area contributed by atoms with E-state index in [1.807, 2.05) is 24.3 Å². The van der Waals surface area contributed by atoms with Gasteiger partial charge in [0, 0.05) is 56.7 Å². The van der Waals surface area contributed by atoms with Crippen molar-refractivity contribution in [2.75, 3.05) is 19.6 Å². The summed E-state index contributed by atoms with van der Waals surface area (Å²) in [7, 11) is 0. The summed E-state index contributed by atoms with van der Waals surface area (Å²) < 4.78 is 84.7. The van der Waals surface area contributed by atoms with Gasteiger partial charge in [-0.1, -0.05) is 48.5 Å². The molecule has 0 spiro atoms. The molecule has 0 aliphatic carbocycles. The largest absolute Gasteiger partial charge is 0.463 e. The summed E-state index contributed by atoms with van der Waals surface area (Å²) in [5.41, 5.74) is -3.26. The van der Waals surface area contributed by atoms with Crippen molar-refractivity contribution in [1.82, 2.24) is 14.8 Å². The molecule has 1 aromatic heterocycles.